The Hall–Kier alpha value is -1.14. The van der Waals surface area contributed by atoms with Crippen LogP contribution in [0.5, 0.6) is 0 Å². The van der Waals surface area contributed by atoms with Crippen molar-refractivity contribution in [1.82, 2.24) is 4.72 Å². The molecule has 20 heavy (non-hydrogen) atoms. The molecule has 1 aromatic rings. The van der Waals surface area contributed by atoms with Crippen molar-refractivity contribution >= 4 is 21.8 Å². The zero-order valence-corrected chi connectivity index (χ0v) is 12.7. The lowest BCUT2D eigenvalue weighted by Gasteiger charge is -2.22. The van der Waals surface area contributed by atoms with Gasteiger partial charge >= 0.3 is 0 Å². The molecule has 2 N–H and O–H groups in total. The number of halogens is 1. The van der Waals surface area contributed by atoms with E-state index in [9.17, 15) is 17.9 Å². The number of hydrogen-bond donors (Lipinski definition) is 2. The molecule has 8 heteroatoms. The molecule has 0 amide bonds. The first-order chi connectivity index (χ1) is 9.23. The van der Waals surface area contributed by atoms with Crippen molar-refractivity contribution in [2.24, 2.45) is 0 Å². The van der Waals surface area contributed by atoms with Gasteiger partial charge in [-0.3, -0.25) is 0 Å². The molecule has 0 saturated carbocycles. The topological polar surface area (TPSA) is 90.2 Å². The predicted molar refractivity (Wildman–Crippen MR) is 75.3 cm³/mol. The number of hydrogen-bond acceptors (Lipinski definition) is 5. The average Bonchev–Trinajstić information content (AvgIpc) is 2.36. The summed E-state index contributed by atoms with van der Waals surface area (Å²) in [5.41, 5.74) is -1.77. The molecule has 1 atom stereocenters. The van der Waals surface area contributed by atoms with Gasteiger partial charge in [0.2, 0.25) is 10.0 Å². The number of nitrogens with one attached hydrogen (secondary N) is 1. The molecule has 0 aliphatic rings. The first-order valence-electron chi connectivity index (χ1n) is 5.63. The minimum Gasteiger partial charge on any atom is -0.388 e. The van der Waals surface area contributed by atoms with Crippen LogP contribution in [0.2, 0.25) is 0 Å². The van der Waals surface area contributed by atoms with Crippen molar-refractivity contribution in [3.05, 3.63) is 29.6 Å². The summed E-state index contributed by atoms with van der Waals surface area (Å²) in [6, 6.07) is 4.91. The second-order valence-electron chi connectivity index (χ2n) is 4.48. The van der Waals surface area contributed by atoms with Crippen molar-refractivity contribution in [2.75, 3.05) is 18.6 Å². The molecule has 0 spiro atoms. The van der Waals surface area contributed by atoms with Gasteiger partial charge in [-0.2, -0.15) is 17.0 Å². The van der Waals surface area contributed by atoms with Crippen LogP contribution >= 0.6 is 11.8 Å². The third-order valence-corrected chi connectivity index (χ3v) is 4.83. The van der Waals surface area contributed by atoms with E-state index in [0.717, 1.165) is 12.1 Å². The lowest BCUT2D eigenvalue weighted by atomic mass is 10.1. The van der Waals surface area contributed by atoms with Crippen LogP contribution in [0.15, 0.2) is 23.1 Å². The molecule has 1 aromatic carbocycles. The van der Waals surface area contributed by atoms with Crippen LogP contribution < -0.4 is 4.72 Å². The quantitative estimate of drug-likeness (QED) is 0.819. The van der Waals surface area contributed by atoms with Gasteiger partial charge in [-0.1, -0.05) is 6.07 Å². The molecule has 0 heterocycles. The number of sulfonamides is 1. The SMILES string of the molecule is CSCC(C)(O)CNS(=O)(=O)c1cccc(F)c1C#N. The van der Waals surface area contributed by atoms with Crippen LogP contribution in [-0.4, -0.2) is 37.7 Å². The van der Waals surface area contributed by atoms with Crippen LogP contribution in [0.25, 0.3) is 0 Å². The molecule has 0 fully saturated rings. The number of nitrogens with zero attached hydrogens (tertiary/aromatic N) is 1. The molecule has 0 aliphatic heterocycles. The molecule has 0 saturated heterocycles. The van der Waals surface area contributed by atoms with E-state index in [-0.39, 0.29) is 6.54 Å². The number of thioether (sulfide) groups is 1. The highest BCUT2D eigenvalue weighted by molar-refractivity contribution is 7.98. The van der Waals surface area contributed by atoms with E-state index in [1.165, 1.54) is 30.8 Å². The fraction of sp³-hybridized carbons (Fsp3) is 0.417. The fourth-order valence-corrected chi connectivity index (χ4v) is 3.58. The Labute approximate surface area is 121 Å². The Morgan fingerprint density at radius 1 is 1.55 bits per heavy atom. The largest absolute Gasteiger partial charge is 0.388 e. The van der Waals surface area contributed by atoms with Gasteiger partial charge in [0.15, 0.2) is 0 Å². The molecule has 0 bridgehead atoms. The summed E-state index contributed by atoms with van der Waals surface area (Å²) in [6.07, 6.45) is 1.78. The van der Waals surface area contributed by atoms with Gasteiger partial charge in [0.25, 0.3) is 0 Å². The maximum atomic E-state index is 13.4. The van der Waals surface area contributed by atoms with E-state index < -0.39 is 31.9 Å². The fourth-order valence-electron chi connectivity index (χ4n) is 1.53. The lowest BCUT2D eigenvalue weighted by Crippen LogP contribution is -2.42. The number of rotatable bonds is 6. The summed E-state index contributed by atoms with van der Waals surface area (Å²) >= 11 is 1.37. The third kappa shape index (κ3) is 4.18. The normalized spacial score (nSPS) is 14.6. The summed E-state index contributed by atoms with van der Waals surface area (Å²) in [7, 11) is -4.06. The standard InChI is InChI=1S/C12H15FN2O3S2/c1-12(16,8-19-2)7-15-20(17,18)11-5-3-4-10(13)9(11)6-14/h3-5,15-16H,7-8H2,1-2H3. The van der Waals surface area contributed by atoms with Crippen LogP contribution in [0, 0.1) is 17.1 Å². The highest BCUT2D eigenvalue weighted by Gasteiger charge is 2.26. The van der Waals surface area contributed by atoms with Gasteiger partial charge in [-0.15, -0.1) is 0 Å². The first-order valence-corrected chi connectivity index (χ1v) is 8.51. The first kappa shape index (κ1) is 16.9. The Morgan fingerprint density at radius 2 is 2.20 bits per heavy atom. The van der Waals surface area contributed by atoms with Gasteiger partial charge in [0.1, 0.15) is 22.3 Å². The van der Waals surface area contributed by atoms with Crippen LogP contribution in [0.1, 0.15) is 12.5 Å². The van der Waals surface area contributed by atoms with Gasteiger partial charge in [-0.25, -0.2) is 17.5 Å². The van der Waals surface area contributed by atoms with Crippen molar-refractivity contribution in [3.63, 3.8) is 0 Å². The van der Waals surface area contributed by atoms with Gasteiger partial charge in [0.05, 0.1) is 5.60 Å². The Kier molecular flexibility index (Phi) is 5.53. The number of aliphatic hydroxyl groups is 1. The lowest BCUT2D eigenvalue weighted by molar-refractivity contribution is 0.0908. The van der Waals surface area contributed by atoms with Crippen LogP contribution in [0.4, 0.5) is 4.39 Å². The summed E-state index contributed by atoms with van der Waals surface area (Å²) in [5, 5.41) is 18.8. The highest BCUT2D eigenvalue weighted by atomic mass is 32.2. The summed E-state index contributed by atoms with van der Waals surface area (Å²) in [4.78, 5) is -0.431. The second kappa shape index (κ2) is 6.54. The predicted octanol–water partition coefficient (Wildman–Crippen LogP) is 1.09. The van der Waals surface area contributed by atoms with E-state index in [1.54, 1.807) is 6.26 Å². The molecular weight excluding hydrogens is 303 g/mol. The van der Waals surface area contributed by atoms with Crippen LogP contribution in [0.3, 0.4) is 0 Å². The smallest absolute Gasteiger partial charge is 0.242 e. The van der Waals surface area contributed by atoms with Gasteiger partial charge < -0.3 is 5.11 Å². The van der Waals surface area contributed by atoms with Crippen molar-refractivity contribution < 1.29 is 17.9 Å². The molecular formula is C12H15FN2O3S2. The molecule has 1 unspecified atom stereocenters. The monoisotopic (exact) mass is 318 g/mol. The van der Waals surface area contributed by atoms with Gasteiger partial charge in [0, 0.05) is 12.3 Å². The Morgan fingerprint density at radius 3 is 2.75 bits per heavy atom. The minimum absolute atomic E-state index is 0.225. The summed E-state index contributed by atoms with van der Waals surface area (Å²) in [6.45, 7) is 1.26. The average molecular weight is 318 g/mol. The number of nitriles is 1. The molecule has 0 aromatic heterocycles. The second-order valence-corrected chi connectivity index (χ2v) is 7.08. The van der Waals surface area contributed by atoms with E-state index >= 15 is 0 Å². The van der Waals surface area contributed by atoms with E-state index in [0.29, 0.717) is 5.75 Å². The van der Waals surface area contributed by atoms with E-state index in [2.05, 4.69) is 4.72 Å². The summed E-state index contributed by atoms with van der Waals surface area (Å²) in [5.74, 6) is -0.560. The Bertz CT molecular complexity index is 624. The van der Waals surface area contributed by atoms with E-state index in [1.807, 2.05) is 0 Å². The molecule has 0 radical (unpaired) electrons. The molecule has 110 valence electrons. The number of benzene rings is 1. The highest BCUT2D eigenvalue weighted by Crippen LogP contribution is 2.18. The molecule has 0 aliphatic carbocycles. The Balaban J connectivity index is 3.02. The maximum absolute atomic E-state index is 13.4. The molecule has 5 nitrogen and oxygen atoms in total. The molecule has 1 rings (SSSR count). The van der Waals surface area contributed by atoms with Crippen LogP contribution in [-0.2, 0) is 10.0 Å². The van der Waals surface area contributed by atoms with Crippen molar-refractivity contribution in [1.29, 1.82) is 5.26 Å². The zero-order valence-electron chi connectivity index (χ0n) is 11.1. The van der Waals surface area contributed by atoms with E-state index in [4.69, 9.17) is 5.26 Å². The summed E-state index contributed by atoms with van der Waals surface area (Å²) < 4.78 is 39.7. The van der Waals surface area contributed by atoms with Crippen molar-refractivity contribution in [2.45, 2.75) is 17.4 Å². The van der Waals surface area contributed by atoms with Gasteiger partial charge in [-0.05, 0) is 25.3 Å². The van der Waals surface area contributed by atoms with Crippen molar-refractivity contribution in [3.8, 4) is 6.07 Å². The third-order valence-electron chi connectivity index (χ3n) is 2.48. The minimum atomic E-state index is -4.06. The zero-order chi connectivity index (χ0) is 15.4. The maximum Gasteiger partial charge on any atom is 0.242 e.